The first kappa shape index (κ1) is 20.5. The number of rotatable bonds is 3. The molecule has 0 aliphatic heterocycles. The zero-order valence-corrected chi connectivity index (χ0v) is 16.7. The van der Waals surface area contributed by atoms with Gasteiger partial charge >= 0.3 is 6.18 Å². The van der Waals surface area contributed by atoms with E-state index in [0.29, 0.717) is 0 Å². The molecule has 0 saturated heterocycles. The molecule has 0 radical (unpaired) electrons. The van der Waals surface area contributed by atoms with Crippen molar-refractivity contribution in [3.05, 3.63) is 70.7 Å². The second kappa shape index (κ2) is 7.29. The molecule has 2 aromatic carbocycles. The molecule has 1 heterocycles. The fourth-order valence-electron chi connectivity index (χ4n) is 2.85. The van der Waals surface area contributed by atoms with E-state index in [9.17, 15) is 26.0 Å². The molecule has 1 aromatic heterocycles. The van der Waals surface area contributed by atoms with Crippen molar-refractivity contribution in [2.24, 2.45) is 0 Å². The van der Waals surface area contributed by atoms with Crippen molar-refractivity contribution in [3.8, 4) is 22.3 Å². The molecule has 3 aromatic rings. The van der Waals surface area contributed by atoms with Gasteiger partial charge in [0.2, 0.25) is 0 Å². The van der Waals surface area contributed by atoms with Crippen LogP contribution in [0.5, 0.6) is 0 Å². The van der Waals surface area contributed by atoms with Crippen LogP contribution < -0.4 is 0 Å². The van der Waals surface area contributed by atoms with Gasteiger partial charge in [-0.25, -0.2) is 17.8 Å². The molecule has 146 valence electrons. The fraction of sp³-hybridized carbons (Fsp3) is 0.105. The van der Waals surface area contributed by atoms with Crippen LogP contribution >= 0.6 is 15.9 Å². The molecule has 0 spiro atoms. The molecule has 0 aliphatic carbocycles. The van der Waals surface area contributed by atoms with Gasteiger partial charge in [-0.1, -0.05) is 30.3 Å². The summed E-state index contributed by atoms with van der Waals surface area (Å²) in [5, 5.41) is 0. The van der Waals surface area contributed by atoms with Gasteiger partial charge in [0, 0.05) is 17.4 Å². The first-order valence-corrected chi connectivity index (χ1v) is 10.5. The summed E-state index contributed by atoms with van der Waals surface area (Å²) in [6.45, 7) is 0. The van der Waals surface area contributed by atoms with Crippen molar-refractivity contribution < 1.29 is 26.0 Å². The third-order valence-electron chi connectivity index (χ3n) is 3.97. The number of hydrogen-bond acceptors (Lipinski definition) is 3. The van der Waals surface area contributed by atoms with E-state index in [1.807, 2.05) is 0 Å². The van der Waals surface area contributed by atoms with Crippen LogP contribution in [0.25, 0.3) is 22.3 Å². The van der Waals surface area contributed by atoms with Crippen molar-refractivity contribution in [2.75, 3.05) is 6.26 Å². The third kappa shape index (κ3) is 4.10. The van der Waals surface area contributed by atoms with Gasteiger partial charge in [0.25, 0.3) is 0 Å². The first-order valence-electron chi connectivity index (χ1n) is 7.81. The highest BCUT2D eigenvalue weighted by Crippen LogP contribution is 2.44. The maximum absolute atomic E-state index is 13.7. The van der Waals surface area contributed by atoms with Gasteiger partial charge in [0.15, 0.2) is 15.5 Å². The molecular weight excluding hydrogens is 462 g/mol. The van der Waals surface area contributed by atoms with Crippen molar-refractivity contribution in [2.45, 2.75) is 11.1 Å². The van der Waals surface area contributed by atoms with E-state index in [-0.39, 0.29) is 31.8 Å². The van der Waals surface area contributed by atoms with Gasteiger partial charge in [-0.2, -0.15) is 13.2 Å². The van der Waals surface area contributed by atoms with Crippen LogP contribution in [0.1, 0.15) is 5.69 Å². The Morgan fingerprint density at radius 1 is 0.964 bits per heavy atom. The molecule has 9 heteroatoms. The Labute approximate surface area is 167 Å². The van der Waals surface area contributed by atoms with Gasteiger partial charge in [0.05, 0.1) is 4.90 Å². The number of sulfone groups is 1. The quantitative estimate of drug-likeness (QED) is 0.360. The Balaban J connectivity index is 2.47. The van der Waals surface area contributed by atoms with Crippen LogP contribution in [0.2, 0.25) is 0 Å². The minimum absolute atomic E-state index is 0.0156. The van der Waals surface area contributed by atoms with Crippen LogP contribution in [0.3, 0.4) is 0 Å². The molecule has 0 bridgehead atoms. The fourth-order valence-corrected chi connectivity index (χ4v) is 4.16. The minimum Gasteiger partial charge on any atom is -0.236 e. The van der Waals surface area contributed by atoms with Crippen molar-refractivity contribution in [1.82, 2.24) is 4.98 Å². The smallest absolute Gasteiger partial charge is 0.236 e. The van der Waals surface area contributed by atoms with Crippen molar-refractivity contribution in [1.29, 1.82) is 0 Å². The molecule has 0 fully saturated rings. The van der Waals surface area contributed by atoms with E-state index in [1.165, 1.54) is 42.5 Å². The van der Waals surface area contributed by atoms with Crippen LogP contribution in [-0.2, 0) is 16.0 Å². The first-order chi connectivity index (χ1) is 13.0. The Kier molecular flexibility index (Phi) is 5.33. The summed E-state index contributed by atoms with van der Waals surface area (Å²) < 4.78 is 78.8. The topological polar surface area (TPSA) is 47.0 Å². The second-order valence-electron chi connectivity index (χ2n) is 5.99. The normalized spacial score (nSPS) is 12.2. The maximum atomic E-state index is 13.7. The number of hydrogen-bond donors (Lipinski definition) is 0. The summed E-state index contributed by atoms with van der Waals surface area (Å²) in [5.41, 5.74) is -1.36. The lowest BCUT2D eigenvalue weighted by Gasteiger charge is -2.19. The highest BCUT2D eigenvalue weighted by molar-refractivity contribution is 9.10. The molecule has 0 aliphatic rings. The SMILES string of the molecule is CS(=O)(=O)c1ccccc1-c1cc(Br)nc(C(F)(F)F)c1-c1ccc(F)cc1. The lowest BCUT2D eigenvalue weighted by atomic mass is 9.93. The van der Waals surface area contributed by atoms with E-state index in [0.717, 1.165) is 18.4 Å². The molecule has 3 nitrogen and oxygen atoms in total. The predicted octanol–water partition coefficient (Wildman–Crippen LogP) is 5.74. The minimum atomic E-state index is -4.82. The van der Waals surface area contributed by atoms with Crippen LogP contribution in [0, 0.1) is 5.82 Å². The van der Waals surface area contributed by atoms with Gasteiger partial charge in [0.1, 0.15) is 10.4 Å². The lowest BCUT2D eigenvalue weighted by molar-refractivity contribution is -0.140. The molecule has 3 rings (SSSR count). The zero-order chi connectivity index (χ0) is 20.7. The van der Waals surface area contributed by atoms with Crippen LogP contribution in [0.4, 0.5) is 17.6 Å². The summed E-state index contributed by atoms with van der Waals surface area (Å²) >= 11 is 2.98. The number of alkyl halides is 3. The average Bonchev–Trinajstić information content (AvgIpc) is 2.60. The van der Waals surface area contributed by atoms with E-state index in [2.05, 4.69) is 20.9 Å². The molecule has 0 unspecified atom stereocenters. The maximum Gasteiger partial charge on any atom is 0.434 e. The van der Waals surface area contributed by atoms with Gasteiger partial charge in [-0.05, 0) is 51.3 Å². The van der Waals surface area contributed by atoms with Gasteiger partial charge < -0.3 is 0 Å². The summed E-state index contributed by atoms with van der Waals surface area (Å²) in [4.78, 5) is 3.45. The second-order valence-corrected chi connectivity index (χ2v) is 8.79. The monoisotopic (exact) mass is 473 g/mol. The Morgan fingerprint density at radius 2 is 1.57 bits per heavy atom. The van der Waals surface area contributed by atoms with Crippen molar-refractivity contribution >= 4 is 25.8 Å². The highest BCUT2D eigenvalue weighted by Gasteiger charge is 2.38. The average molecular weight is 474 g/mol. The molecule has 0 amide bonds. The van der Waals surface area contributed by atoms with E-state index in [4.69, 9.17) is 0 Å². The molecule has 0 saturated carbocycles. The van der Waals surface area contributed by atoms with Gasteiger partial charge in [-0.15, -0.1) is 0 Å². The number of aromatic nitrogens is 1. The molecular formula is C19H12BrF4NO2S. The van der Waals surface area contributed by atoms with E-state index >= 15 is 0 Å². The molecule has 0 N–H and O–H groups in total. The Morgan fingerprint density at radius 3 is 2.14 bits per heavy atom. The predicted molar refractivity (Wildman–Crippen MR) is 101 cm³/mol. The van der Waals surface area contributed by atoms with Crippen molar-refractivity contribution in [3.63, 3.8) is 0 Å². The summed E-state index contributed by atoms with van der Waals surface area (Å²) in [7, 11) is -3.73. The number of pyridine rings is 1. The standard InChI is InChI=1S/C19H12BrF4NO2S/c1-28(26,27)15-5-3-2-4-13(15)14-10-16(20)25-18(19(22,23)24)17(14)11-6-8-12(21)9-7-11/h2-10H,1H3. The van der Waals surface area contributed by atoms with E-state index < -0.39 is 27.5 Å². The highest BCUT2D eigenvalue weighted by atomic mass is 79.9. The summed E-state index contributed by atoms with van der Waals surface area (Å²) in [6, 6.07) is 11.5. The number of benzene rings is 2. The summed E-state index contributed by atoms with van der Waals surface area (Å²) in [5.74, 6) is -0.611. The van der Waals surface area contributed by atoms with E-state index in [1.54, 1.807) is 0 Å². The number of halogens is 5. The number of nitrogens with zero attached hydrogens (tertiary/aromatic N) is 1. The zero-order valence-electron chi connectivity index (χ0n) is 14.3. The largest absolute Gasteiger partial charge is 0.434 e. The third-order valence-corrected chi connectivity index (χ3v) is 5.53. The lowest BCUT2D eigenvalue weighted by Crippen LogP contribution is -2.12. The molecule has 28 heavy (non-hydrogen) atoms. The summed E-state index contributed by atoms with van der Waals surface area (Å²) in [6.07, 6.45) is -3.84. The van der Waals surface area contributed by atoms with Crippen LogP contribution in [-0.4, -0.2) is 19.7 Å². The van der Waals surface area contributed by atoms with Crippen LogP contribution in [0.15, 0.2) is 64.1 Å². The Bertz CT molecular complexity index is 1140. The van der Waals surface area contributed by atoms with Gasteiger partial charge in [-0.3, -0.25) is 0 Å². The Hall–Kier alpha value is -2.26. The molecule has 0 atom stereocenters.